The molecule has 0 bridgehead atoms. The number of nitriles is 1. The summed E-state index contributed by atoms with van der Waals surface area (Å²) in [4.78, 5) is 8.31. The van der Waals surface area contributed by atoms with Crippen LogP contribution >= 0.6 is 0 Å². The highest BCUT2D eigenvalue weighted by Gasteiger charge is 2.35. The third kappa shape index (κ3) is 3.96. The number of benzene rings is 1. The van der Waals surface area contributed by atoms with E-state index in [-0.39, 0.29) is 29.4 Å². The molecule has 0 aliphatic carbocycles. The van der Waals surface area contributed by atoms with Gasteiger partial charge in [0.1, 0.15) is 17.5 Å². The second kappa shape index (κ2) is 7.95. The Bertz CT molecular complexity index is 1110. The van der Waals surface area contributed by atoms with Crippen molar-refractivity contribution in [1.29, 1.82) is 5.26 Å². The molecule has 30 heavy (non-hydrogen) atoms. The molecule has 3 heterocycles. The molecule has 0 amide bonds. The standard InChI is InChI=1S/C21H20F3N5O/c1-29-8-5-15-19(27-18(11-25)28-20(15)29)14-2-3-17(16(10-14)21(22,23)24)30-9-6-13-4-7-26-12-13/h2-3,5,8,10,13,26H,4,6-7,9,12H2,1H3. The molecule has 4 rings (SSSR count). The van der Waals surface area contributed by atoms with Crippen LogP contribution in [0.1, 0.15) is 24.2 Å². The first-order valence-electron chi connectivity index (χ1n) is 9.65. The number of nitrogens with one attached hydrogen (secondary N) is 1. The Kier molecular flexibility index (Phi) is 5.35. The Morgan fingerprint density at radius 1 is 1.30 bits per heavy atom. The SMILES string of the molecule is Cn1ccc2c(-c3ccc(OCCC4CCNC4)c(C(F)(F)F)c3)nc(C#N)nc21. The zero-order chi connectivity index (χ0) is 21.3. The van der Waals surface area contributed by atoms with Crippen LogP contribution in [-0.2, 0) is 13.2 Å². The molecule has 1 aliphatic rings. The van der Waals surface area contributed by atoms with Gasteiger partial charge in [-0.25, -0.2) is 9.97 Å². The molecule has 9 heteroatoms. The van der Waals surface area contributed by atoms with Crippen molar-refractivity contribution in [3.05, 3.63) is 41.9 Å². The molecule has 1 N–H and O–H groups in total. The second-order valence-electron chi connectivity index (χ2n) is 7.38. The Morgan fingerprint density at radius 2 is 2.13 bits per heavy atom. The summed E-state index contributed by atoms with van der Waals surface area (Å²) in [7, 11) is 1.75. The molecule has 0 radical (unpaired) electrons. The first-order chi connectivity index (χ1) is 14.4. The van der Waals surface area contributed by atoms with Crippen LogP contribution in [0.25, 0.3) is 22.3 Å². The molecule has 1 aromatic carbocycles. The van der Waals surface area contributed by atoms with Crippen LogP contribution in [0.5, 0.6) is 5.75 Å². The van der Waals surface area contributed by atoms with Crippen LogP contribution in [0.15, 0.2) is 30.5 Å². The zero-order valence-electron chi connectivity index (χ0n) is 16.3. The van der Waals surface area contributed by atoms with Gasteiger partial charge >= 0.3 is 6.18 Å². The number of hydrogen-bond acceptors (Lipinski definition) is 5. The highest BCUT2D eigenvalue weighted by Crippen LogP contribution is 2.39. The van der Waals surface area contributed by atoms with E-state index in [0.717, 1.165) is 25.6 Å². The van der Waals surface area contributed by atoms with Gasteiger partial charge < -0.3 is 14.6 Å². The number of nitrogens with zero attached hydrogens (tertiary/aromatic N) is 4. The average molecular weight is 415 g/mol. The van der Waals surface area contributed by atoms with Crippen LogP contribution in [0.4, 0.5) is 13.2 Å². The molecular formula is C21H20F3N5O. The van der Waals surface area contributed by atoms with E-state index in [2.05, 4.69) is 15.3 Å². The number of fused-ring (bicyclic) bond motifs is 1. The first kappa shape index (κ1) is 20.2. The van der Waals surface area contributed by atoms with Crippen molar-refractivity contribution < 1.29 is 17.9 Å². The van der Waals surface area contributed by atoms with E-state index < -0.39 is 11.7 Å². The van der Waals surface area contributed by atoms with E-state index >= 15 is 0 Å². The van der Waals surface area contributed by atoms with Gasteiger partial charge in [-0.05, 0) is 56.1 Å². The van der Waals surface area contributed by atoms with Crippen LogP contribution in [-0.4, -0.2) is 34.2 Å². The Hall–Kier alpha value is -3.12. The van der Waals surface area contributed by atoms with E-state index in [1.165, 1.54) is 12.1 Å². The summed E-state index contributed by atoms with van der Waals surface area (Å²) >= 11 is 0. The lowest BCUT2D eigenvalue weighted by Gasteiger charge is -2.16. The minimum absolute atomic E-state index is 0.0987. The molecule has 6 nitrogen and oxygen atoms in total. The molecule has 156 valence electrons. The van der Waals surface area contributed by atoms with Gasteiger partial charge in [0.2, 0.25) is 5.82 Å². The molecule has 1 aliphatic heterocycles. The van der Waals surface area contributed by atoms with Crippen molar-refractivity contribution >= 4 is 11.0 Å². The number of aromatic nitrogens is 3. The van der Waals surface area contributed by atoms with Crippen molar-refractivity contribution in [3.63, 3.8) is 0 Å². The second-order valence-corrected chi connectivity index (χ2v) is 7.38. The predicted octanol–water partition coefficient (Wildman–Crippen LogP) is 3.90. The Balaban J connectivity index is 1.70. The number of ether oxygens (including phenoxy) is 1. The fraction of sp³-hybridized carbons (Fsp3) is 0.381. The molecule has 1 saturated heterocycles. The van der Waals surface area contributed by atoms with Gasteiger partial charge in [-0.3, -0.25) is 0 Å². The third-order valence-electron chi connectivity index (χ3n) is 5.33. The van der Waals surface area contributed by atoms with E-state index in [1.807, 2.05) is 6.07 Å². The fourth-order valence-electron chi connectivity index (χ4n) is 3.73. The lowest BCUT2D eigenvalue weighted by atomic mass is 10.0. The van der Waals surface area contributed by atoms with Gasteiger partial charge in [-0.1, -0.05) is 0 Å². The predicted molar refractivity (Wildman–Crippen MR) is 105 cm³/mol. The largest absolute Gasteiger partial charge is 0.493 e. The monoisotopic (exact) mass is 415 g/mol. The molecule has 1 fully saturated rings. The van der Waals surface area contributed by atoms with Gasteiger partial charge in [0, 0.05) is 24.2 Å². The maximum atomic E-state index is 13.8. The van der Waals surface area contributed by atoms with Crippen molar-refractivity contribution in [3.8, 4) is 23.1 Å². The van der Waals surface area contributed by atoms with Crippen molar-refractivity contribution in [2.45, 2.75) is 19.0 Å². The average Bonchev–Trinajstić information content (AvgIpc) is 3.37. The number of rotatable bonds is 5. The van der Waals surface area contributed by atoms with E-state index in [9.17, 15) is 18.4 Å². The topological polar surface area (TPSA) is 75.8 Å². The summed E-state index contributed by atoms with van der Waals surface area (Å²) in [5, 5.41) is 13.0. The summed E-state index contributed by atoms with van der Waals surface area (Å²) in [6.45, 7) is 2.03. The van der Waals surface area contributed by atoms with E-state index in [4.69, 9.17) is 4.74 Å². The van der Waals surface area contributed by atoms with E-state index in [0.29, 0.717) is 23.4 Å². The lowest BCUT2D eigenvalue weighted by Crippen LogP contribution is -2.13. The molecule has 0 saturated carbocycles. The number of alkyl halides is 3. The van der Waals surface area contributed by atoms with Gasteiger partial charge in [0.05, 0.1) is 17.9 Å². The minimum atomic E-state index is -4.58. The Morgan fingerprint density at radius 3 is 2.83 bits per heavy atom. The highest BCUT2D eigenvalue weighted by atomic mass is 19.4. The number of aryl methyl sites for hydroxylation is 1. The minimum Gasteiger partial charge on any atom is -0.493 e. The summed E-state index contributed by atoms with van der Waals surface area (Å²) in [6.07, 6.45) is -1.14. The lowest BCUT2D eigenvalue weighted by molar-refractivity contribution is -0.138. The number of hydrogen-bond donors (Lipinski definition) is 1. The quantitative estimate of drug-likeness (QED) is 0.684. The normalized spacial score (nSPS) is 16.7. The smallest absolute Gasteiger partial charge is 0.419 e. The molecule has 0 spiro atoms. The molecule has 1 unspecified atom stereocenters. The van der Waals surface area contributed by atoms with Crippen LogP contribution in [0.2, 0.25) is 0 Å². The van der Waals surface area contributed by atoms with Crippen molar-refractivity contribution in [2.75, 3.05) is 19.7 Å². The van der Waals surface area contributed by atoms with Gasteiger partial charge in [0.15, 0.2) is 0 Å². The molecular weight excluding hydrogens is 395 g/mol. The maximum absolute atomic E-state index is 13.8. The molecule has 2 aromatic heterocycles. The van der Waals surface area contributed by atoms with Crippen LogP contribution in [0.3, 0.4) is 0 Å². The maximum Gasteiger partial charge on any atom is 0.419 e. The van der Waals surface area contributed by atoms with Gasteiger partial charge in [0.25, 0.3) is 0 Å². The zero-order valence-corrected chi connectivity index (χ0v) is 16.3. The summed E-state index contributed by atoms with van der Waals surface area (Å²) < 4.78 is 48.5. The van der Waals surface area contributed by atoms with Crippen molar-refractivity contribution in [1.82, 2.24) is 19.9 Å². The van der Waals surface area contributed by atoms with Gasteiger partial charge in [-0.2, -0.15) is 18.4 Å². The summed E-state index contributed by atoms with van der Waals surface area (Å²) in [5.41, 5.74) is 0.164. The fourth-order valence-corrected chi connectivity index (χ4v) is 3.73. The highest BCUT2D eigenvalue weighted by molar-refractivity contribution is 5.91. The van der Waals surface area contributed by atoms with Crippen LogP contribution < -0.4 is 10.1 Å². The molecule has 3 aromatic rings. The van der Waals surface area contributed by atoms with Crippen molar-refractivity contribution in [2.24, 2.45) is 13.0 Å². The molecule has 1 atom stereocenters. The summed E-state index contributed by atoms with van der Waals surface area (Å²) in [6, 6.07) is 7.49. The summed E-state index contributed by atoms with van der Waals surface area (Å²) in [5.74, 6) is 0.129. The van der Waals surface area contributed by atoms with Crippen LogP contribution in [0, 0.1) is 17.2 Å². The number of halogens is 3. The Labute approximate surface area is 171 Å². The van der Waals surface area contributed by atoms with E-state index in [1.54, 1.807) is 23.9 Å². The third-order valence-corrected chi connectivity index (χ3v) is 5.33. The van der Waals surface area contributed by atoms with Gasteiger partial charge in [-0.15, -0.1) is 0 Å². The first-order valence-corrected chi connectivity index (χ1v) is 9.65.